The molecule has 0 saturated heterocycles. The second-order valence-corrected chi connectivity index (χ2v) is 11.0. The molecule has 29 heavy (non-hydrogen) atoms. The monoisotopic (exact) mass is 456 g/mol. The molecule has 0 saturated carbocycles. The van der Waals surface area contributed by atoms with Gasteiger partial charge in [0.15, 0.2) is 0 Å². The number of rotatable bonds is 12. The Morgan fingerprint density at radius 2 is 1.97 bits per heavy atom. The molecule has 2 aromatic rings. The molecule has 0 heterocycles. The quantitative estimate of drug-likeness (QED) is 0.249. The zero-order valence-electron chi connectivity index (χ0n) is 16.1. The number of fused-ring (bicyclic) bond motifs is 1. The molecule has 0 fully saturated rings. The SMILES string of the molecule is C=CP(OCC)SCCC(=O)NCCNc1cccc2c(S(=O)(=O)O)cccc12. The van der Waals surface area contributed by atoms with E-state index in [0.29, 0.717) is 42.6 Å². The smallest absolute Gasteiger partial charge is 0.295 e. The predicted molar refractivity (Wildman–Crippen MR) is 121 cm³/mol. The largest absolute Gasteiger partial charge is 0.383 e. The first-order valence-corrected chi connectivity index (χ1v) is 13.4. The van der Waals surface area contributed by atoms with Crippen molar-refractivity contribution in [2.75, 3.05) is 30.8 Å². The predicted octanol–water partition coefficient (Wildman–Crippen LogP) is 4.23. The summed E-state index contributed by atoms with van der Waals surface area (Å²) >= 11 is 1.59. The molecule has 2 rings (SSSR count). The van der Waals surface area contributed by atoms with Crippen molar-refractivity contribution < 1.29 is 22.3 Å². The molecule has 1 amide bonds. The zero-order valence-corrected chi connectivity index (χ0v) is 18.7. The van der Waals surface area contributed by atoms with Crippen LogP contribution in [0.15, 0.2) is 53.7 Å². The summed E-state index contributed by atoms with van der Waals surface area (Å²) in [5.74, 6) is 2.41. The van der Waals surface area contributed by atoms with Crippen LogP contribution in [0.1, 0.15) is 13.3 Å². The van der Waals surface area contributed by atoms with Gasteiger partial charge in [-0.15, -0.1) is 11.4 Å². The van der Waals surface area contributed by atoms with Crippen molar-refractivity contribution in [1.29, 1.82) is 0 Å². The van der Waals surface area contributed by atoms with E-state index in [0.717, 1.165) is 5.69 Å². The molecule has 2 aromatic carbocycles. The summed E-state index contributed by atoms with van der Waals surface area (Å²) in [4.78, 5) is 11.8. The molecule has 0 spiro atoms. The molecular formula is C19H25N2O5PS2. The van der Waals surface area contributed by atoms with Crippen molar-refractivity contribution in [1.82, 2.24) is 5.32 Å². The third kappa shape index (κ3) is 7.28. The van der Waals surface area contributed by atoms with Gasteiger partial charge < -0.3 is 15.2 Å². The van der Waals surface area contributed by atoms with Crippen molar-refractivity contribution in [3.8, 4) is 0 Å². The van der Waals surface area contributed by atoms with Crippen LogP contribution in [0.25, 0.3) is 10.8 Å². The Morgan fingerprint density at radius 3 is 2.66 bits per heavy atom. The van der Waals surface area contributed by atoms with Crippen LogP contribution in [0.2, 0.25) is 0 Å². The van der Waals surface area contributed by atoms with Crippen LogP contribution in [-0.4, -0.2) is 44.3 Å². The summed E-state index contributed by atoms with van der Waals surface area (Å²) in [6, 6.07) is 9.90. The van der Waals surface area contributed by atoms with Crippen molar-refractivity contribution >= 4 is 51.2 Å². The second-order valence-electron chi connectivity index (χ2n) is 5.88. The maximum atomic E-state index is 11.9. The molecule has 0 bridgehead atoms. The van der Waals surface area contributed by atoms with E-state index in [2.05, 4.69) is 17.2 Å². The lowest BCUT2D eigenvalue weighted by atomic mass is 10.1. The lowest BCUT2D eigenvalue weighted by molar-refractivity contribution is -0.120. The summed E-state index contributed by atoms with van der Waals surface area (Å²) in [5, 5.41) is 7.16. The lowest BCUT2D eigenvalue weighted by Crippen LogP contribution is -2.28. The van der Waals surface area contributed by atoms with E-state index in [1.165, 1.54) is 6.07 Å². The molecule has 7 nitrogen and oxygen atoms in total. The van der Waals surface area contributed by atoms with Crippen LogP contribution in [0.4, 0.5) is 5.69 Å². The van der Waals surface area contributed by atoms with Crippen molar-refractivity contribution in [3.05, 3.63) is 48.8 Å². The lowest BCUT2D eigenvalue weighted by Gasteiger charge is -2.13. The molecule has 0 aromatic heterocycles. The van der Waals surface area contributed by atoms with E-state index in [4.69, 9.17) is 4.52 Å². The summed E-state index contributed by atoms with van der Waals surface area (Å²) in [5.41, 5.74) is 0.728. The number of carbonyl (C=O) groups is 1. The Labute approximate surface area is 176 Å². The zero-order chi connectivity index (χ0) is 21.3. The third-order valence-electron chi connectivity index (χ3n) is 3.88. The van der Waals surface area contributed by atoms with Gasteiger partial charge in [-0.1, -0.05) is 30.8 Å². The molecule has 3 N–H and O–H groups in total. The van der Waals surface area contributed by atoms with E-state index >= 15 is 0 Å². The van der Waals surface area contributed by atoms with Gasteiger partial charge in [-0.2, -0.15) is 8.42 Å². The highest BCUT2D eigenvalue weighted by atomic mass is 32.7. The summed E-state index contributed by atoms with van der Waals surface area (Å²) in [7, 11) is -5.04. The second kappa shape index (κ2) is 11.5. The minimum absolute atomic E-state index is 0.0404. The molecule has 10 heteroatoms. The molecule has 0 radical (unpaired) electrons. The van der Waals surface area contributed by atoms with E-state index in [-0.39, 0.29) is 10.8 Å². The average molecular weight is 457 g/mol. The van der Waals surface area contributed by atoms with Gasteiger partial charge in [-0.3, -0.25) is 9.35 Å². The molecular weight excluding hydrogens is 431 g/mol. The van der Waals surface area contributed by atoms with Gasteiger partial charge in [-0.25, -0.2) is 0 Å². The molecule has 0 aliphatic carbocycles. The fraction of sp³-hybridized carbons (Fsp3) is 0.316. The average Bonchev–Trinajstić information content (AvgIpc) is 2.69. The van der Waals surface area contributed by atoms with E-state index in [1.54, 1.807) is 41.5 Å². The molecule has 0 aliphatic heterocycles. The maximum Gasteiger partial charge on any atom is 0.295 e. The summed E-state index contributed by atoms with van der Waals surface area (Å²) < 4.78 is 38.0. The van der Waals surface area contributed by atoms with Crippen LogP contribution < -0.4 is 10.6 Å². The minimum Gasteiger partial charge on any atom is -0.383 e. The fourth-order valence-corrected chi connectivity index (χ4v) is 6.02. The number of benzene rings is 2. The highest BCUT2D eigenvalue weighted by Crippen LogP contribution is 2.51. The van der Waals surface area contributed by atoms with Crippen molar-refractivity contribution in [2.24, 2.45) is 0 Å². The highest BCUT2D eigenvalue weighted by molar-refractivity contribution is 8.55. The highest BCUT2D eigenvalue weighted by Gasteiger charge is 2.14. The van der Waals surface area contributed by atoms with Crippen LogP contribution in [-0.2, 0) is 19.4 Å². The van der Waals surface area contributed by atoms with Gasteiger partial charge in [0, 0.05) is 48.3 Å². The number of amides is 1. The van der Waals surface area contributed by atoms with E-state index in [1.807, 2.05) is 13.0 Å². The first-order chi connectivity index (χ1) is 13.9. The fourth-order valence-electron chi connectivity index (χ4n) is 2.65. The van der Waals surface area contributed by atoms with Crippen molar-refractivity contribution in [2.45, 2.75) is 18.2 Å². The molecule has 0 aliphatic rings. The van der Waals surface area contributed by atoms with Crippen LogP contribution >= 0.6 is 18.7 Å². The normalized spacial score (nSPS) is 12.5. The Morgan fingerprint density at radius 1 is 1.24 bits per heavy atom. The summed E-state index contributed by atoms with van der Waals surface area (Å²) in [6.07, 6.45) is 0.399. The number of hydrogen-bond acceptors (Lipinski definition) is 6. The topological polar surface area (TPSA) is 105 Å². The van der Waals surface area contributed by atoms with Crippen LogP contribution in [0, 0.1) is 0 Å². The van der Waals surface area contributed by atoms with Gasteiger partial charge >= 0.3 is 0 Å². The Bertz CT molecular complexity index is 953. The Kier molecular flexibility index (Phi) is 9.39. The number of hydrogen-bond donors (Lipinski definition) is 3. The third-order valence-corrected chi connectivity index (χ3v) is 8.31. The number of anilines is 1. The molecule has 158 valence electrons. The Hall–Kier alpha value is -1.64. The van der Waals surface area contributed by atoms with Crippen molar-refractivity contribution in [3.63, 3.8) is 0 Å². The molecule has 1 atom stereocenters. The maximum absolute atomic E-state index is 11.9. The van der Waals surface area contributed by atoms with Gasteiger partial charge in [0.25, 0.3) is 10.1 Å². The first-order valence-electron chi connectivity index (χ1n) is 9.04. The standard InChI is InChI=1S/C19H25N2O5PS2/c1-3-26-27(4-2)28-14-11-19(22)21-13-12-20-17-9-5-8-16-15(17)7-6-10-18(16)29(23,24)25/h4-10,20H,2-3,11-14H2,1H3,(H,21,22)(H,23,24,25). The van der Waals surface area contributed by atoms with E-state index < -0.39 is 17.5 Å². The van der Waals surface area contributed by atoms with E-state index in [9.17, 15) is 17.8 Å². The Balaban J connectivity index is 1.84. The van der Waals surface area contributed by atoms with Crippen LogP contribution in [0.5, 0.6) is 0 Å². The van der Waals surface area contributed by atoms with Gasteiger partial charge in [-0.05, 0) is 24.9 Å². The van der Waals surface area contributed by atoms with Gasteiger partial charge in [0.05, 0.1) is 0 Å². The van der Waals surface area contributed by atoms with Crippen LogP contribution in [0.3, 0.4) is 0 Å². The van der Waals surface area contributed by atoms with Gasteiger partial charge in [0.2, 0.25) is 5.91 Å². The first kappa shape index (κ1) is 23.6. The molecule has 1 unspecified atom stereocenters. The van der Waals surface area contributed by atoms with Gasteiger partial charge in [0.1, 0.15) is 12.2 Å². The number of carbonyl (C=O) groups excluding carboxylic acids is 1. The minimum atomic E-state index is -4.30. The summed E-state index contributed by atoms with van der Waals surface area (Å²) in [6.45, 7) is 7.20. The number of nitrogens with one attached hydrogen (secondary N) is 2.